The fraction of sp³-hybridized carbons (Fsp3) is 0.222. The first-order valence-electron chi connectivity index (χ1n) is 8.03. The molecule has 0 N–H and O–H groups in total. The number of rotatable bonds is 2. The molecule has 0 spiro atoms. The molecular formula is C18H15FN2O3S2. The molecule has 134 valence electrons. The number of nitrogens with zero attached hydrogens (tertiary/aromatic N) is 2. The molecule has 2 aromatic carbocycles. The highest BCUT2D eigenvalue weighted by molar-refractivity contribution is 8.16. The lowest BCUT2D eigenvalue weighted by atomic mass is 10.2. The summed E-state index contributed by atoms with van der Waals surface area (Å²) in [6.45, 7) is 0. The summed E-state index contributed by atoms with van der Waals surface area (Å²) < 4.78 is 37.3. The summed E-state index contributed by atoms with van der Waals surface area (Å²) in [6, 6.07) is 14.2. The van der Waals surface area contributed by atoms with Crippen molar-refractivity contribution in [2.24, 2.45) is 4.99 Å². The normalized spacial score (nSPS) is 25.4. The maximum atomic E-state index is 13.3. The number of hydrogen-bond donors (Lipinski definition) is 0. The lowest BCUT2D eigenvalue weighted by molar-refractivity contribution is 0.100. The number of thioether (sulfide) groups is 1. The largest absolute Gasteiger partial charge is 0.316 e. The topological polar surface area (TPSA) is 66.8 Å². The Bertz CT molecular complexity index is 975. The summed E-state index contributed by atoms with van der Waals surface area (Å²) in [5.74, 6) is -0.711. The van der Waals surface area contributed by atoms with Crippen molar-refractivity contribution >= 4 is 38.4 Å². The quantitative estimate of drug-likeness (QED) is 0.789. The number of halogens is 1. The number of hydrogen-bond acceptors (Lipinski definition) is 4. The van der Waals surface area contributed by atoms with Gasteiger partial charge < -0.3 is 4.90 Å². The number of benzene rings is 2. The molecule has 2 aliphatic heterocycles. The maximum Gasteiger partial charge on any atom is 0.279 e. The van der Waals surface area contributed by atoms with Crippen molar-refractivity contribution in [3.8, 4) is 0 Å². The van der Waals surface area contributed by atoms with Gasteiger partial charge in [0.2, 0.25) is 0 Å². The molecule has 0 bridgehead atoms. The molecule has 26 heavy (non-hydrogen) atoms. The van der Waals surface area contributed by atoms with E-state index in [1.54, 1.807) is 41.3 Å². The zero-order valence-corrected chi connectivity index (χ0v) is 15.2. The molecule has 0 unspecified atom stereocenters. The SMILES string of the molecule is O=C(N=C1S[C@@H]2CS(=O)(=O)C[C@@H]2N1c1ccc(F)cc1)c1ccccc1. The Morgan fingerprint density at radius 1 is 1.08 bits per heavy atom. The van der Waals surface area contributed by atoms with Crippen molar-refractivity contribution in [3.63, 3.8) is 0 Å². The zero-order valence-electron chi connectivity index (χ0n) is 13.6. The molecule has 2 atom stereocenters. The second-order valence-electron chi connectivity index (χ2n) is 6.21. The van der Waals surface area contributed by atoms with Gasteiger partial charge in [-0.25, -0.2) is 12.8 Å². The van der Waals surface area contributed by atoms with Gasteiger partial charge in [0.25, 0.3) is 5.91 Å². The van der Waals surface area contributed by atoms with E-state index in [-0.39, 0.29) is 34.5 Å². The number of aliphatic imine (C=N–C) groups is 1. The van der Waals surface area contributed by atoms with E-state index >= 15 is 0 Å². The minimum absolute atomic E-state index is 0.000586. The molecule has 2 heterocycles. The Morgan fingerprint density at radius 3 is 2.46 bits per heavy atom. The second-order valence-corrected chi connectivity index (χ2v) is 9.57. The van der Waals surface area contributed by atoms with Gasteiger partial charge in [-0.1, -0.05) is 30.0 Å². The molecule has 2 saturated heterocycles. The van der Waals surface area contributed by atoms with E-state index < -0.39 is 9.84 Å². The van der Waals surface area contributed by atoms with Crippen LogP contribution in [0.2, 0.25) is 0 Å². The molecule has 0 radical (unpaired) electrons. The van der Waals surface area contributed by atoms with Crippen LogP contribution >= 0.6 is 11.8 Å². The van der Waals surface area contributed by atoms with Crippen LogP contribution in [0, 0.1) is 5.82 Å². The third-order valence-electron chi connectivity index (χ3n) is 4.39. The summed E-state index contributed by atoms with van der Waals surface area (Å²) in [5.41, 5.74) is 1.09. The first-order valence-corrected chi connectivity index (χ1v) is 10.7. The average molecular weight is 390 g/mol. The molecule has 2 aliphatic rings. The molecule has 2 fully saturated rings. The summed E-state index contributed by atoms with van der Waals surface area (Å²) in [4.78, 5) is 18.5. The molecule has 0 saturated carbocycles. The second kappa shape index (κ2) is 6.51. The van der Waals surface area contributed by atoms with Crippen molar-refractivity contribution in [3.05, 3.63) is 66.0 Å². The number of carbonyl (C=O) groups excluding carboxylic acids is 1. The van der Waals surface area contributed by atoms with Crippen molar-refractivity contribution in [1.29, 1.82) is 0 Å². The Morgan fingerprint density at radius 2 is 1.77 bits per heavy atom. The Balaban J connectivity index is 1.72. The van der Waals surface area contributed by atoms with Gasteiger partial charge in [0, 0.05) is 16.5 Å². The molecule has 0 aliphatic carbocycles. The van der Waals surface area contributed by atoms with E-state index in [9.17, 15) is 17.6 Å². The van der Waals surface area contributed by atoms with Crippen LogP contribution in [0.3, 0.4) is 0 Å². The van der Waals surface area contributed by atoms with E-state index in [1.807, 2.05) is 6.07 Å². The van der Waals surface area contributed by atoms with Crippen LogP contribution in [-0.2, 0) is 9.84 Å². The maximum absolute atomic E-state index is 13.3. The highest BCUT2D eigenvalue weighted by atomic mass is 32.2. The number of fused-ring (bicyclic) bond motifs is 1. The van der Waals surface area contributed by atoms with Gasteiger partial charge in [0.15, 0.2) is 15.0 Å². The fourth-order valence-electron chi connectivity index (χ4n) is 3.20. The van der Waals surface area contributed by atoms with E-state index in [0.717, 1.165) is 0 Å². The van der Waals surface area contributed by atoms with Gasteiger partial charge >= 0.3 is 0 Å². The minimum atomic E-state index is -3.14. The van der Waals surface area contributed by atoms with Gasteiger partial charge in [-0.05, 0) is 36.4 Å². The molecule has 1 amide bonds. The van der Waals surface area contributed by atoms with E-state index in [4.69, 9.17) is 0 Å². The van der Waals surface area contributed by atoms with Crippen molar-refractivity contribution in [1.82, 2.24) is 0 Å². The third-order valence-corrected chi connectivity index (χ3v) is 7.60. The van der Waals surface area contributed by atoms with Crippen molar-refractivity contribution in [2.45, 2.75) is 11.3 Å². The summed E-state index contributed by atoms with van der Waals surface area (Å²) in [7, 11) is -3.14. The Labute approximate surface area is 154 Å². The molecule has 2 aromatic rings. The van der Waals surface area contributed by atoms with Crippen LogP contribution < -0.4 is 4.90 Å². The number of amidine groups is 1. The number of carbonyl (C=O) groups is 1. The van der Waals surface area contributed by atoms with E-state index in [1.165, 1.54) is 23.9 Å². The van der Waals surface area contributed by atoms with E-state index in [2.05, 4.69) is 4.99 Å². The molecule has 8 heteroatoms. The van der Waals surface area contributed by atoms with Gasteiger partial charge in [-0.15, -0.1) is 0 Å². The van der Waals surface area contributed by atoms with Crippen LogP contribution in [0.1, 0.15) is 10.4 Å². The van der Waals surface area contributed by atoms with E-state index in [0.29, 0.717) is 16.4 Å². The van der Waals surface area contributed by atoms with Crippen LogP contribution in [0.4, 0.5) is 10.1 Å². The highest BCUT2D eigenvalue weighted by Crippen LogP contribution is 2.41. The highest BCUT2D eigenvalue weighted by Gasteiger charge is 2.49. The molecule has 0 aromatic heterocycles. The van der Waals surface area contributed by atoms with Gasteiger partial charge in [-0.3, -0.25) is 4.79 Å². The first-order chi connectivity index (χ1) is 12.4. The molecular weight excluding hydrogens is 375 g/mol. The zero-order chi connectivity index (χ0) is 18.3. The first kappa shape index (κ1) is 17.2. The number of sulfone groups is 1. The van der Waals surface area contributed by atoms with Crippen molar-refractivity contribution < 1.29 is 17.6 Å². The van der Waals surface area contributed by atoms with Crippen LogP contribution in [-0.4, -0.2) is 42.3 Å². The van der Waals surface area contributed by atoms with Gasteiger partial charge in [0.1, 0.15) is 5.82 Å². The molecule has 4 rings (SSSR count). The third kappa shape index (κ3) is 3.26. The summed E-state index contributed by atoms with van der Waals surface area (Å²) in [6.07, 6.45) is 0. The standard InChI is InChI=1S/C18H15FN2O3S2/c19-13-6-8-14(9-7-13)21-15-10-26(23,24)11-16(15)25-18(21)20-17(22)12-4-2-1-3-5-12/h1-9,15-16H,10-11H2/t15-,16+/m0/s1. The number of anilines is 1. The monoisotopic (exact) mass is 390 g/mol. The van der Waals surface area contributed by atoms with Crippen LogP contribution in [0.15, 0.2) is 59.6 Å². The van der Waals surface area contributed by atoms with Crippen molar-refractivity contribution in [2.75, 3.05) is 16.4 Å². The average Bonchev–Trinajstić information content (AvgIpc) is 3.07. The minimum Gasteiger partial charge on any atom is -0.316 e. The lowest BCUT2D eigenvalue weighted by Crippen LogP contribution is -2.37. The Kier molecular flexibility index (Phi) is 4.32. The smallest absolute Gasteiger partial charge is 0.279 e. The van der Waals surface area contributed by atoms with Gasteiger partial charge in [0.05, 0.1) is 17.5 Å². The number of amides is 1. The van der Waals surface area contributed by atoms with Crippen LogP contribution in [0.25, 0.3) is 0 Å². The Hall–Kier alpha value is -2.19. The summed E-state index contributed by atoms with van der Waals surface area (Å²) >= 11 is 1.30. The predicted molar refractivity (Wildman–Crippen MR) is 101 cm³/mol. The predicted octanol–water partition coefficient (Wildman–Crippen LogP) is 2.74. The summed E-state index contributed by atoms with van der Waals surface area (Å²) in [5, 5.41) is 0.266. The van der Waals surface area contributed by atoms with Gasteiger partial charge in [-0.2, -0.15) is 4.99 Å². The van der Waals surface area contributed by atoms with Crippen LogP contribution in [0.5, 0.6) is 0 Å². The lowest BCUT2D eigenvalue weighted by Gasteiger charge is -2.24. The fourth-order valence-corrected chi connectivity index (χ4v) is 7.11. The molecule has 5 nitrogen and oxygen atoms in total.